The van der Waals surface area contributed by atoms with Gasteiger partial charge in [-0.1, -0.05) is 44.4 Å². The van der Waals surface area contributed by atoms with E-state index in [0.29, 0.717) is 17.4 Å². The first-order chi connectivity index (χ1) is 13.1. The summed E-state index contributed by atoms with van der Waals surface area (Å²) in [6, 6.07) is 6.90. The van der Waals surface area contributed by atoms with Crippen molar-refractivity contribution < 1.29 is 19.1 Å². The van der Waals surface area contributed by atoms with Crippen LogP contribution in [0.3, 0.4) is 0 Å². The van der Waals surface area contributed by atoms with Gasteiger partial charge in [0.25, 0.3) is 5.91 Å². The van der Waals surface area contributed by atoms with Crippen molar-refractivity contribution in [2.75, 3.05) is 0 Å². The summed E-state index contributed by atoms with van der Waals surface area (Å²) in [5, 5.41) is 1.90. The van der Waals surface area contributed by atoms with Crippen molar-refractivity contribution in [3.63, 3.8) is 0 Å². The third-order valence-electron chi connectivity index (χ3n) is 5.93. The lowest BCUT2D eigenvalue weighted by Crippen LogP contribution is -2.33. The van der Waals surface area contributed by atoms with Crippen LogP contribution in [0.5, 0.6) is 0 Å². The average molecular weight is 371 g/mol. The van der Waals surface area contributed by atoms with E-state index in [9.17, 15) is 14.4 Å². The molecule has 3 saturated heterocycles. The highest BCUT2D eigenvalue weighted by atomic mass is 16.6. The average Bonchev–Trinajstić information content (AvgIpc) is 3.50. The van der Waals surface area contributed by atoms with E-state index >= 15 is 0 Å². The van der Waals surface area contributed by atoms with Gasteiger partial charge in [0.05, 0.1) is 17.6 Å². The van der Waals surface area contributed by atoms with Gasteiger partial charge in [0.15, 0.2) is 11.9 Å². The van der Waals surface area contributed by atoms with Crippen molar-refractivity contribution in [2.24, 2.45) is 0 Å². The van der Waals surface area contributed by atoms with Crippen molar-refractivity contribution in [3.8, 4) is 0 Å². The number of ether oxygens (including phenoxy) is 1. The number of fused-ring (bicyclic) bond motifs is 3. The Hall–Kier alpha value is -2.41. The number of carbonyl (C=O) groups is 3. The first-order valence-electron chi connectivity index (χ1n) is 9.70. The van der Waals surface area contributed by atoms with Crippen LogP contribution in [0.25, 0.3) is 0 Å². The molecular formula is C20H25N3O4. The zero-order valence-corrected chi connectivity index (χ0v) is 15.7. The second-order valence-corrected chi connectivity index (χ2v) is 7.63. The standard InChI is InChI=1S/C20H25N3O4/c1-3-4-5-10-16-20(17-11-13(2)27-19(26)22(17)20)23(16)21-18(25)15-9-7-6-8-14(15)12-24/h6-9,12-13,16-17H,3-5,10-11H2,1-2H3,(H,21,25)/t13-,16-,17-,20-,22?,23?/m0/s1. The predicted octanol–water partition coefficient (Wildman–Crippen LogP) is 2.72. The Kier molecular flexibility index (Phi) is 4.42. The fourth-order valence-electron chi connectivity index (χ4n) is 4.58. The quantitative estimate of drug-likeness (QED) is 0.453. The molecule has 1 spiro atoms. The first-order valence-corrected chi connectivity index (χ1v) is 9.70. The molecule has 4 rings (SSSR count). The van der Waals surface area contributed by atoms with E-state index in [-0.39, 0.29) is 30.2 Å². The van der Waals surface area contributed by atoms with E-state index in [1.807, 2.05) is 11.9 Å². The molecule has 144 valence electrons. The number of hydrazine groups is 1. The molecule has 0 bridgehead atoms. The van der Waals surface area contributed by atoms with E-state index in [1.165, 1.54) is 0 Å². The fourth-order valence-corrected chi connectivity index (χ4v) is 4.58. The third-order valence-corrected chi connectivity index (χ3v) is 5.93. The van der Waals surface area contributed by atoms with E-state index in [2.05, 4.69) is 12.3 Å². The van der Waals surface area contributed by atoms with Gasteiger partial charge >= 0.3 is 6.09 Å². The van der Waals surface area contributed by atoms with Gasteiger partial charge in [-0.25, -0.2) is 4.79 Å². The van der Waals surface area contributed by atoms with E-state index in [4.69, 9.17) is 4.74 Å². The normalized spacial score (nSPS) is 33.3. The summed E-state index contributed by atoms with van der Waals surface area (Å²) >= 11 is 0. The van der Waals surface area contributed by atoms with Crippen LogP contribution >= 0.6 is 0 Å². The molecule has 3 fully saturated rings. The summed E-state index contributed by atoms with van der Waals surface area (Å²) in [5.41, 5.74) is 3.21. The zero-order chi connectivity index (χ0) is 19.2. The number of hydrogen-bond acceptors (Lipinski definition) is 5. The number of carbonyl (C=O) groups excluding carboxylic acids is 3. The van der Waals surface area contributed by atoms with Crippen LogP contribution in [0.1, 0.15) is 66.7 Å². The van der Waals surface area contributed by atoms with Crippen molar-refractivity contribution >= 4 is 18.3 Å². The Bertz CT molecular complexity index is 782. The van der Waals surface area contributed by atoms with Crippen LogP contribution in [0.2, 0.25) is 0 Å². The van der Waals surface area contributed by atoms with Crippen LogP contribution in [0.15, 0.2) is 24.3 Å². The molecule has 5 atom stereocenters. The van der Waals surface area contributed by atoms with Crippen LogP contribution < -0.4 is 5.43 Å². The van der Waals surface area contributed by atoms with Gasteiger partial charge in [-0.3, -0.25) is 19.9 Å². The number of cyclic esters (lactones) is 1. The Morgan fingerprint density at radius 2 is 2.15 bits per heavy atom. The van der Waals surface area contributed by atoms with Crippen LogP contribution in [0.4, 0.5) is 4.79 Å². The number of aldehydes is 1. The molecule has 3 heterocycles. The molecule has 7 heteroatoms. The minimum atomic E-state index is -0.443. The number of hydrogen-bond donors (Lipinski definition) is 1. The summed E-state index contributed by atoms with van der Waals surface area (Å²) in [5.74, 6) is -0.318. The highest BCUT2D eigenvalue weighted by Gasteiger charge is 2.86. The molecule has 3 aliphatic rings. The number of nitrogens with zero attached hydrogens (tertiary/aromatic N) is 2. The van der Waals surface area contributed by atoms with E-state index in [1.54, 1.807) is 29.2 Å². The molecule has 0 saturated carbocycles. The monoisotopic (exact) mass is 371 g/mol. The molecule has 0 radical (unpaired) electrons. The first kappa shape index (κ1) is 18.0. The highest BCUT2D eigenvalue weighted by molar-refractivity contribution is 6.01. The Labute approximate surface area is 158 Å². The molecule has 0 aromatic heterocycles. The number of benzene rings is 1. The van der Waals surface area contributed by atoms with Gasteiger partial charge in [0.2, 0.25) is 0 Å². The Balaban J connectivity index is 1.53. The van der Waals surface area contributed by atoms with Gasteiger partial charge in [0.1, 0.15) is 6.10 Å². The third kappa shape index (κ3) is 2.72. The molecule has 1 N–H and O–H groups in total. The van der Waals surface area contributed by atoms with Crippen molar-refractivity contribution in [1.29, 1.82) is 0 Å². The molecule has 2 amide bonds. The van der Waals surface area contributed by atoms with E-state index in [0.717, 1.165) is 32.1 Å². The minimum absolute atomic E-state index is 0.0852. The van der Waals surface area contributed by atoms with Gasteiger partial charge in [-0.2, -0.15) is 5.01 Å². The lowest BCUT2D eigenvalue weighted by atomic mass is 10.1. The van der Waals surface area contributed by atoms with Crippen molar-refractivity contribution in [1.82, 2.24) is 15.3 Å². The Morgan fingerprint density at radius 1 is 1.37 bits per heavy atom. The number of nitrogens with one attached hydrogen (secondary N) is 1. The van der Waals surface area contributed by atoms with Crippen LogP contribution in [-0.4, -0.2) is 52.0 Å². The lowest BCUT2D eigenvalue weighted by Gasteiger charge is -2.17. The molecule has 1 unspecified atom stereocenters. The largest absolute Gasteiger partial charge is 0.446 e. The topological polar surface area (TPSA) is 78.5 Å². The Morgan fingerprint density at radius 3 is 2.89 bits per heavy atom. The van der Waals surface area contributed by atoms with E-state index < -0.39 is 5.66 Å². The maximum absolute atomic E-state index is 12.8. The SMILES string of the molecule is CCCCC[C@@H]1N(NC(=O)c2ccccc2C=O)[C@]12[C@@H]1C[C@H](C)OC(=O)N12. The predicted molar refractivity (Wildman–Crippen MR) is 98.0 cm³/mol. The minimum Gasteiger partial charge on any atom is -0.446 e. The smallest absolute Gasteiger partial charge is 0.412 e. The zero-order valence-electron chi connectivity index (χ0n) is 15.7. The van der Waals surface area contributed by atoms with Gasteiger partial charge < -0.3 is 4.74 Å². The molecule has 7 nitrogen and oxygen atoms in total. The second kappa shape index (κ2) is 6.64. The molecule has 1 aromatic rings. The fraction of sp³-hybridized carbons (Fsp3) is 0.550. The summed E-state index contributed by atoms with van der Waals surface area (Å²) < 4.78 is 5.37. The molecular weight excluding hydrogens is 346 g/mol. The molecule has 1 aromatic carbocycles. The van der Waals surface area contributed by atoms with Gasteiger partial charge in [0, 0.05) is 12.0 Å². The number of rotatable bonds is 7. The molecule has 0 aliphatic carbocycles. The van der Waals surface area contributed by atoms with Gasteiger partial charge in [-0.05, 0) is 19.4 Å². The summed E-state index contributed by atoms with van der Waals surface area (Å²) in [6.07, 6.45) is 5.24. The second-order valence-electron chi connectivity index (χ2n) is 7.63. The maximum atomic E-state index is 12.8. The molecule has 27 heavy (non-hydrogen) atoms. The van der Waals surface area contributed by atoms with Crippen LogP contribution in [-0.2, 0) is 4.74 Å². The molecule has 3 aliphatic heterocycles. The van der Waals surface area contributed by atoms with Crippen molar-refractivity contribution in [2.45, 2.75) is 69.8 Å². The lowest BCUT2D eigenvalue weighted by molar-refractivity contribution is 0.0643. The summed E-state index contributed by atoms with van der Waals surface area (Å²) in [4.78, 5) is 38.1. The van der Waals surface area contributed by atoms with Gasteiger partial charge in [-0.15, -0.1) is 0 Å². The number of amides is 2. The van der Waals surface area contributed by atoms with Crippen LogP contribution in [0, 0.1) is 0 Å². The number of unbranched alkanes of at least 4 members (excludes halogenated alkanes) is 2. The van der Waals surface area contributed by atoms with Crippen molar-refractivity contribution in [3.05, 3.63) is 35.4 Å². The highest BCUT2D eigenvalue weighted by Crippen LogP contribution is 2.64. The maximum Gasteiger partial charge on any atom is 0.412 e. The summed E-state index contributed by atoms with van der Waals surface area (Å²) in [7, 11) is 0. The summed E-state index contributed by atoms with van der Waals surface area (Å²) in [6.45, 7) is 4.05.